The Bertz CT molecular complexity index is 541. The molecular formula is C21H30OS. The molecule has 0 saturated heterocycles. The summed E-state index contributed by atoms with van der Waals surface area (Å²) in [6.07, 6.45) is 10.2. The summed E-state index contributed by atoms with van der Waals surface area (Å²) >= 11 is 1.93. The summed E-state index contributed by atoms with van der Waals surface area (Å²) in [6, 6.07) is 13.1. The van der Waals surface area contributed by atoms with E-state index >= 15 is 0 Å². The van der Waals surface area contributed by atoms with E-state index in [-0.39, 0.29) is 0 Å². The SMILES string of the molecule is CCCCCCc1ccc(-c2ccc(OCCCCC)cc2)s1. The average Bonchev–Trinajstić information content (AvgIpc) is 3.05. The van der Waals surface area contributed by atoms with Gasteiger partial charge in [-0.25, -0.2) is 0 Å². The molecule has 2 aromatic rings. The van der Waals surface area contributed by atoms with Crippen LogP contribution in [0.4, 0.5) is 0 Å². The highest BCUT2D eigenvalue weighted by Crippen LogP contribution is 2.30. The van der Waals surface area contributed by atoms with E-state index in [1.54, 1.807) is 0 Å². The van der Waals surface area contributed by atoms with Crippen LogP contribution >= 0.6 is 11.3 Å². The minimum atomic E-state index is 0.827. The molecule has 1 heterocycles. The van der Waals surface area contributed by atoms with Crippen molar-refractivity contribution < 1.29 is 4.74 Å². The maximum Gasteiger partial charge on any atom is 0.119 e. The number of hydrogen-bond donors (Lipinski definition) is 0. The number of ether oxygens (including phenoxy) is 1. The molecule has 0 aliphatic carbocycles. The van der Waals surface area contributed by atoms with Crippen LogP contribution in [0.15, 0.2) is 36.4 Å². The lowest BCUT2D eigenvalue weighted by Crippen LogP contribution is -1.96. The van der Waals surface area contributed by atoms with Crippen molar-refractivity contribution >= 4 is 11.3 Å². The monoisotopic (exact) mass is 330 g/mol. The van der Waals surface area contributed by atoms with Crippen LogP contribution in [-0.2, 0) is 6.42 Å². The minimum Gasteiger partial charge on any atom is -0.494 e. The lowest BCUT2D eigenvalue weighted by atomic mass is 10.1. The molecule has 0 amide bonds. The molecule has 0 bridgehead atoms. The first-order chi connectivity index (χ1) is 11.3. The average molecular weight is 331 g/mol. The highest BCUT2D eigenvalue weighted by Gasteiger charge is 2.04. The Hall–Kier alpha value is -1.28. The van der Waals surface area contributed by atoms with E-state index in [2.05, 4.69) is 50.2 Å². The van der Waals surface area contributed by atoms with E-state index in [9.17, 15) is 0 Å². The van der Waals surface area contributed by atoms with Gasteiger partial charge in [-0.05, 0) is 61.2 Å². The Morgan fingerprint density at radius 2 is 1.52 bits per heavy atom. The van der Waals surface area contributed by atoms with Crippen LogP contribution in [0.3, 0.4) is 0 Å². The first-order valence-electron chi connectivity index (χ1n) is 9.15. The summed E-state index contributed by atoms with van der Waals surface area (Å²) in [5.41, 5.74) is 1.30. The number of aryl methyl sites for hydroxylation is 1. The molecule has 2 heteroatoms. The third kappa shape index (κ3) is 6.39. The molecule has 1 aromatic heterocycles. The van der Waals surface area contributed by atoms with Gasteiger partial charge in [-0.15, -0.1) is 11.3 Å². The van der Waals surface area contributed by atoms with Crippen molar-refractivity contribution in [2.24, 2.45) is 0 Å². The smallest absolute Gasteiger partial charge is 0.119 e. The van der Waals surface area contributed by atoms with Gasteiger partial charge in [-0.3, -0.25) is 0 Å². The summed E-state index contributed by atoms with van der Waals surface area (Å²) in [6.45, 7) is 5.31. The second-order valence-electron chi connectivity index (χ2n) is 6.16. The molecule has 23 heavy (non-hydrogen) atoms. The molecule has 0 radical (unpaired) electrons. The van der Waals surface area contributed by atoms with Crippen LogP contribution in [0.25, 0.3) is 10.4 Å². The fraction of sp³-hybridized carbons (Fsp3) is 0.524. The summed E-state index contributed by atoms with van der Waals surface area (Å²) in [5, 5.41) is 0. The third-order valence-electron chi connectivity index (χ3n) is 4.09. The maximum atomic E-state index is 5.78. The molecule has 0 N–H and O–H groups in total. The molecule has 1 nitrogen and oxygen atoms in total. The van der Waals surface area contributed by atoms with E-state index in [0.29, 0.717) is 0 Å². The lowest BCUT2D eigenvalue weighted by Gasteiger charge is -2.06. The summed E-state index contributed by atoms with van der Waals surface area (Å²) in [5.74, 6) is 0.987. The van der Waals surface area contributed by atoms with Gasteiger partial charge in [0.2, 0.25) is 0 Å². The van der Waals surface area contributed by atoms with Crippen molar-refractivity contribution in [1.29, 1.82) is 0 Å². The topological polar surface area (TPSA) is 9.23 Å². The van der Waals surface area contributed by atoms with Crippen LogP contribution in [0.5, 0.6) is 5.75 Å². The molecule has 0 atom stereocenters. The Labute approximate surface area is 145 Å². The quantitative estimate of drug-likeness (QED) is 0.399. The predicted molar refractivity (Wildman–Crippen MR) is 103 cm³/mol. The van der Waals surface area contributed by atoms with Crippen molar-refractivity contribution in [3.05, 3.63) is 41.3 Å². The fourth-order valence-electron chi connectivity index (χ4n) is 2.65. The molecule has 0 spiro atoms. The lowest BCUT2D eigenvalue weighted by molar-refractivity contribution is 0.306. The number of benzene rings is 1. The molecule has 0 saturated carbocycles. The normalized spacial score (nSPS) is 10.9. The highest BCUT2D eigenvalue weighted by molar-refractivity contribution is 7.15. The molecule has 1 aromatic carbocycles. The number of thiophene rings is 1. The van der Waals surface area contributed by atoms with E-state index < -0.39 is 0 Å². The Morgan fingerprint density at radius 1 is 0.783 bits per heavy atom. The summed E-state index contributed by atoms with van der Waals surface area (Å²) in [4.78, 5) is 2.88. The molecule has 126 valence electrons. The van der Waals surface area contributed by atoms with Gasteiger partial charge in [0.05, 0.1) is 6.61 Å². The van der Waals surface area contributed by atoms with Gasteiger partial charge in [-0.2, -0.15) is 0 Å². The van der Waals surface area contributed by atoms with Gasteiger partial charge >= 0.3 is 0 Å². The van der Waals surface area contributed by atoms with Crippen molar-refractivity contribution in [1.82, 2.24) is 0 Å². The molecule has 0 aliphatic rings. The zero-order valence-corrected chi connectivity index (χ0v) is 15.5. The van der Waals surface area contributed by atoms with Gasteiger partial charge < -0.3 is 4.74 Å². The van der Waals surface area contributed by atoms with Gasteiger partial charge in [0.25, 0.3) is 0 Å². The van der Waals surface area contributed by atoms with E-state index in [1.165, 1.54) is 60.3 Å². The minimum absolute atomic E-state index is 0.827. The largest absolute Gasteiger partial charge is 0.494 e. The number of hydrogen-bond acceptors (Lipinski definition) is 2. The molecule has 2 rings (SSSR count). The Kier molecular flexibility index (Phi) is 8.24. The second kappa shape index (κ2) is 10.5. The van der Waals surface area contributed by atoms with Crippen molar-refractivity contribution in [3.8, 4) is 16.2 Å². The van der Waals surface area contributed by atoms with Crippen molar-refractivity contribution in [3.63, 3.8) is 0 Å². The van der Waals surface area contributed by atoms with E-state index in [4.69, 9.17) is 4.74 Å². The van der Waals surface area contributed by atoms with Crippen LogP contribution in [-0.4, -0.2) is 6.61 Å². The highest BCUT2D eigenvalue weighted by atomic mass is 32.1. The van der Waals surface area contributed by atoms with Crippen LogP contribution in [0.1, 0.15) is 63.7 Å². The van der Waals surface area contributed by atoms with Crippen molar-refractivity contribution in [2.75, 3.05) is 6.61 Å². The van der Waals surface area contributed by atoms with Gasteiger partial charge in [0.1, 0.15) is 5.75 Å². The van der Waals surface area contributed by atoms with Crippen LogP contribution < -0.4 is 4.74 Å². The first-order valence-corrected chi connectivity index (χ1v) is 9.97. The number of unbranched alkanes of at least 4 members (excludes halogenated alkanes) is 5. The molecule has 0 unspecified atom stereocenters. The van der Waals surface area contributed by atoms with Gasteiger partial charge in [0.15, 0.2) is 0 Å². The molecule has 0 aliphatic heterocycles. The van der Waals surface area contributed by atoms with Crippen LogP contribution in [0.2, 0.25) is 0 Å². The van der Waals surface area contributed by atoms with E-state index in [0.717, 1.165) is 18.8 Å². The zero-order valence-electron chi connectivity index (χ0n) is 14.6. The molecular weight excluding hydrogens is 300 g/mol. The van der Waals surface area contributed by atoms with Gasteiger partial charge in [0, 0.05) is 9.75 Å². The van der Waals surface area contributed by atoms with Gasteiger partial charge in [-0.1, -0.05) is 46.0 Å². The van der Waals surface area contributed by atoms with Crippen LogP contribution in [0, 0.1) is 0 Å². The standard InChI is InChI=1S/C21H30OS/c1-3-5-7-8-10-20-15-16-21(23-20)18-11-13-19(14-12-18)22-17-9-6-4-2/h11-16H,3-10,17H2,1-2H3. The molecule has 0 fully saturated rings. The summed E-state index contributed by atoms with van der Waals surface area (Å²) in [7, 11) is 0. The maximum absolute atomic E-state index is 5.78. The second-order valence-corrected chi connectivity index (χ2v) is 7.32. The zero-order chi connectivity index (χ0) is 16.3. The Morgan fingerprint density at radius 3 is 2.26 bits per heavy atom. The van der Waals surface area contributed by atoms with Crippen molar-refractivity contribution in [2.45, 2.75) is 65.2 Å². The predicted octanol–water partition coefficient (Wildman–Crippen LogP) is 7.11. The summed E-state index contributed by atoms with van der Waals surface area (Å²) < 4.78 is 5.78. The fourth-order valence-corrected chi connectivity index (χ4v) is 3.71. The number of rotatable bonds is 11. The van der Waals surface area contributed by atoms with E-state index in [1.807, 2.05) is 11.3 Å². The first kappa shape index (κ1) is 18.1. The Balaban J connectivity index is 1.83. The third-order valence-corrected chi connectivity index (χ3v) is 5.29.